The minimum atomic E-state index is 0.0125. The zero-order valence-electron chi connectivity index (χ0n) is 23.4. The highest BCUT2D eigenvalue weighted by Gasteiger charge is 2.18. The van der Waals surface area contributed by atoms with Gasteiger partial charge in [-0.3, -0.25) is 4.90 Å². The number of aromatic amines is 1. The summed E-state index contributed by atoms with van der Waals surface area (Å²) in [6, 6.07) is 20.8. The monoisotopic (exact) mass is 550 g/mol. The molecule has 8 nitrogen and oxygen atoms in total. The highest BCUT2D eigenvalue weighted by atomic mass is 32.2. The molecule has 0 radical (unpaired) electrons. The van der Waals surface area contributed by atoms with Gasteiger partial charge in [0.15, 0.2) is 5.16 Å². The number of thioether (sulfide) groups is 1. The zero-order chi connectivity index (χ0) is 27.5. The third kappa shape index (κ3) is 9.10. The van der Waals surface area contributed by atoms with E-state index in [2.05, 4.69) is 63.5 Å². The van der Waals surface area contributed by atoms with Crippen LogP contribution in [0.15, 0.2) is 65.8 Å². The number of H-pyrrole nitrogens is 1. The molecule has 1 aliphatic heterocycles. The molecule has 2 aromatic carbocycles. The summed E-state index contributed by atoms with van der Waals surface area (Å²) >= 11 is 1.73. The molecule has 0 atom stereocenters. The van der Waals surface area contributed by atoms with Gasteiger partial charge in [0.25, 0.3) is 0 Å². The largest absolute Gasteiger partial charge is 0.379 e. The number of carbonyl (C=O) groups is 1. The van der Waals surface area contributed by atoms with Gasteiger partial charge in [-0.15, -0.1) is 0 Å². The summed E-state index contributed by atoms with van der Waals surface area (Å²) in [6.07, 6.45) is 0. The van der Waals surface area contributed by atoms with Crippen LogP contribution in [0.4, 0.5) is 4.79 Å². The van der Waals surface area contributed by atoms with Crippen LogP contribution in [0.1, 0.15) is 13.8 Å². The number of aromatic nitrogens is 2. The second-order valence-electron chi connectivity index (χ2n) is 10.2. The first kappa shape index (κ1) is 29.1. The summed E-state index contributed by atoms with van der Waals surface area (Å²) in [4.78, 5) is 28.0. The van der Waals surface area contributed by atoms with Crippen molar-refractivity contribution in [3.05, 3.63) is 60.7 Å². The van der Waals surface area contributed by atoms with Gasteiger partial charge in [0.05, 0.1) is 24.6 Å². The van der Waals surface area contributed by atoms with E-state index >= 15 is 0 Å². The van der Waals surface area contributed by atoms with Gasteiger partial charge in [0, 0.05) is 68.7 Å². The molecule has 0 unspecified atom stereocenters. The van der Waals surface area contributed by atoms with Gasteiger partial charge in [-0.2, -0.15) is 0 Å². The van der Waals surface area contributed by atoms with Crippen molar-refractivity contribution in [2.45, 2.75) is 25.0 Å². The van der Waals surface area contributed by atoms with E-state index in [1.807, 2.05) is 43.0 Å². The molecule has 3 aromatic rings. The van der Waals surface area contributed by atoms with Crippen LogP contribution in [-0.4, -0.2) is 109 Å². The SMILES string of the molecule is CC(C)NC(=O)N(CCN(C)CCSc1nc(-c2ccccc2)c(-c2ccccc2)[nH]1)CCN1CCOCC1. The first-order chi connectivity index (χ1) is 19.0. The van der Waals surface area contributed by atoms with Crippen molar-refractivity contribution in [3.8, 4) is 22.5 Å². The highest BCUT2D eigenvalue weighted by Crippen LogP contribution is 2.32. The van der Waals surface area contributed by atoms with Gasteiger partial charge in [-0.25, -0.2) is 9.78 Å². The summed E-state index contributed by atoms with van der Waals surface area (Å²) < 4.78 is 5.46. The second kappa shape index (κ2) is 15.1. The third-order valence-electron chi connectivity index (χ3n) is 6.74. The van der Waals surface area contributed by atoms with Crippen LogP contribution in [0.25, 0.3) is 22.5 Å². The summed E-state index contributed by atoms with van der Waals surface area (Å²) in [6.45, 7) is 11.4. The van der Waals surface area contributed by atoms with Crippen molar-refractivity contribution in [1.29, 1.82) is 0 Å². The van der Waals surface area contributed by atoms with E-state index in [9.17, 15) is 4.79 Å². The Morgan fingerprint density at radius 1 is 1.00 bits per heavy atom. The van der Waals surface area contributed by atoms with Crippen LogP contribution in [-0.2, 0) is 4.74 Å². The summed E-state index contributed by atoms with van der Waals surface area (Å²) in [5.74, 6) is 0.901. The first-order valence-corrected chi connectivity index (χ1v) is 14.9. The molecule has 210 valence electrons. The Bertz CT molecular complexity index is 1080. The van der Waals surface area contributed by atoms with Crippen molar-refractivity contribution < 1.29 is 9.53 Å². The van der Waals surface area contributed by atoms with Crippen molar-refractivity contribution >= 4 is 17.8 Å². The summed E-state index contributed by atoms with van der Waals surface area (Å²) in [5.41, 5.74) is 4.26. The van der Waals surface area contributed by atoms with Crippen LogP contribution in [0, 0.1) is 0 Å². The Morgan fingerprint density at radius 2 is 1.67 bits per heavy atom. The molecule has 0 aliphatic carbocycles. The molecule has 1 aromatic heterocycles. The second-order valence-corrected chi connectivity index (χ2v) is 11.3. The lowest BCUT2D eigenvalue weighted by Crippen LogP contribution is -2.49. The van der Waals surface area contributed by atoms with Gasteiger partial charge in [0.2, 0.25) is 0 Å². The molecule has 2 N–H and O–H groups in total. The molecular weight excluding hydrogens is 508 g/mol. The average Bonchev–Trinajstić information content (AvgIpc) is 3.38. The summed E-state index contributed by atoms with van der Waals surface area (Å²) in [7, 11) is 2.12. The van der Waals surface area contributed by atoms with Crippen LogP contribution >= 0.6 is 11.8 Å². The van der Waals surface area contributed by atoms with E-state index in [-0.39, 0.29) is 12.1 Å². The Balaban J connectivity index is 1.30. The number of morpholine rings is 1. The van der Waals surface area contributed by atoms with Crippen LogP contribution in [0.5, 0.6) is 0 Å². The minimum absolute atomic E-state index is 0.0125. The smallest absolute Gasteiger partial charge is 0.317 e. The van der Waals surface area contributed by atoms with Crippen molar-refractivity contribution in [2.75, 3.05) is 71.8 Å². The number of carbonyl (C=O) groups excluding carboxylic acids is 1. The Morgan fingerprint density at radius 3 is 2.33 bits per heavy atom. The molecule has 0 bridgehead atoms. The fourth-order valence-electron chi connectivity index (χ4n) is 4.48. The first-order valence-electron chi connectivity index (χ1n) is 13.9. The Hall–Kier alpha value is -2.85. The maximum atomic E-state index is 12.8. The number of benzene rings is 2. The van der Waals surface area contributed by atoms with E-state index in [0.29, 0.717) is 6.54 Å². The fraction of sp³-hybridized carbons (Fsp3) is 0.467. The third-order valence-corrected chi connectivity index (χ3v) is 7.60. The van der Waals surface area contributed by atoms with E-state index in [1.165, 1.54) is 0 Å². The maximum absolute atomic E-state index is 12.8. The molecule has 0 saturated carbocycles. The molecule has 2 heterocycles. The van der Waals surface area contributed by atoms with E-state index in [1.54, 1.807) is 11.8 Å². The number of ether oxygens (including phenoxy) is 1. The number of urea groups is 1. The van der Waals surface area contributed by atoms with Gasteiger partial charge in [-0.05, 0) is 20.9 Å². The number of nitrogens with one attached hydrogen (secondary N) is 2. The molecule has 1 saturated heterocycles. The van der Waals surface area contributed by atoms with Crippen molar-refractivity contribution in [2.24, 2.45) is 0 Å². The number of likely N-dealkylation sites (N-methyl/N-ethyl adjacent to an activating group) is 1. The van der Waals surface area contributed by atoms with E-state index < -0.39 is 0 Å². The number of rotatable bonds is 13. The minimum Gasteiger partial charge on any atom is -0.379 e. The number of nitrogens with zero attached hydrogens (tertiary/aromatic N) is 4. The summed E-state index contributed by atoms with van der Waals surface area (Å²) in [5, 5.41) is 3.98. The van der Waals surface area contributed by atoms with Crippen LogP contribution in [0.2, 0.25) is 0 Å². The number of amides is 2. The average molecular weight is 551 g/mol. The molecule has 1 aliphatic rings. The zero-order valence-corrected chi connectivity index (χ0v) is 24.3. The Kier molecular flexibility index (Phi) is 11.3. The standard InChI is InChI=1S/C30H42N6O2S/c1-24(2)31-30(37)36(17-15-35-18-21-38-22-19-35)16-14-34(3)20-23-39-29-32-27(25-10-6-4-7-11-25)28(33-29)26-12-8-5-9-13-26/h4-13,24H,14-23H2,1-3H3,(H,31,37)(H,32,33). The van der Waals surface area contributed by atoms with Gasteiger partial charge < -0.3 is 24.8 Å². The number of imidazole rings is 1. The van der Waals surface area contributed by atoms with E-state index in [4.69, 9.17) is 9.72 Å². The molecule has 39 heavy (non-hydrogen) atoms. The van der Waals surface area contributed by atoms with Crippen LogP contribution < -0.4 is 5.32 Å². The predicted octanol–water partition coefficient (Wildman–Crippen LogP) is 4.52. The van der Waals surface area contributed by atoms with Gasteiger partial charge >= 0.3 is 6.03 Å². The molecule has 0 spiro atoms. The molecule has 2 amide bonds. The highest BCUT2D eigenvalue weighted by molar-refractivity contribution is 7.99. The fourth-order valence-corrected chi connectivity index (χ4v) is 5.41. The predicted molar refractivity (Wildman–Crippen MR) is 160 cm³/mol. The topological polar surface area (TPSA) is 76.7 Å². The Labute approximate surface area is 237 Å². The van der Waals surface area contributed by atoms with Gasteiger partial charge in [0.1, 0.15) is 0 Å². The van der Waals surface area contributed by atoms with Gasteiger partial charge in [-0.1, -0.05) is 72.4 Å². The van der Waals surface area contributed by atoms with Crippen LogP contribution in [0.3, 0.4) is 0 Å². The van der Waals surface area contributed by atoms with E-state index in [0.717, 1.165) is 85.9 Å². The normalized spacial score (nSPS) is 14.2. The molecule has 4 rings (SSSR count). The number of hydrogen-bond acceptors (Lipinski definition) is 6. The number of hydrogen-bond donors (Lipinski definition) is 2. The molecule has 1 fully saturated rings. The quantitative estimate of drug-likeness (QED) is 0.305. The molecule has 9 heteroatoms. The van der Waals surface area contributed by atoms with Crippen molar-refractivity contribution in [1.82, 2.24) is 30.0 Å². The molecular formula is C30H42N6O2S. The lowest BCUT2D eigenvalue weighted by atomic mass is 10.1. The maximum Gasteiger partial charge on any atom is 0.317 e. The lowest BCUT2D eigenvalue weighted by Gasteiger charge is -2.31. The lowest BCUT2D eigenvalue weighted by molar-refractivity contribution is 0.0346. The van der Waals surface area contributed by atoms with Crippen molar-refractivity contribution in [3.63, 3.8) is 0 Å².